The van der Waals surface area contributed by atoms with E-state index in [9.17, 15) is 4.79 Å². The van der Waals surface area contributed by atoms with Crippen molar-refractivity contribution in [3.63, 3.8) is 0 Å². The molecule has 0 radical (unpaired) electrons. The standard InChI is InChI=1S/C14H14Cl2O3S/c1-3-8-5-7-6-10(19-9(4-2)14(17)18)11(15)12(16)13(7)20-8/h5-6,9H,3-4H2,1-2H3,(H,17,18). The molecule has 20 heavy (non-hydrogen) atoms. The van der Waals surface area contributed by atoms with Crippen molar-refractivity contribution in [2.45, 2.75) is 32.8 Å². The number of halogens is 2. The lowest BCUT2D eigenvalue weighted by Crippen LogP contribution is -2.26. The minimum absolute atomic E-state index is 0.267. The quantitative estimate of drug-likeness (QED) is 0.836. The monoisotopic (exact) mass is 332 g/mol. The van der Waals surface area contributed by atoms with E-state index in [0.29, 0.717) is 17.2 Å². The third-order valence-electron chi connectivity index (χ3n) is 2.97. The Hall–Kier alpha value is -0.970. The number of fused-ring (bicyclic) bond motifs is 1. The zero-order valence-electron chi connectivity index (χ0n) is 11.1. The zero-order chi connectivity index (χ0) is 14.9. The van der Waals surface area contributed by atoms with E-state index in [-0.39, 0.29) is 5.02 Å². The van der Waals surface area contributed by atoms with Crippen LogP contribution in [0.3, 0.4) is 0 Å². The molecule has 6 heteroatoms. The normalized spacial score (nSPS) is 12.6. The molecule has 3 nitrogen and oxygen atoms in total. The van der Waals surface area contributed by atoms with E-state index >= 15 is 0 Å². The van der Waals surface area contributed by atoms with Gasteiger partial charge in [-0.05, 0) is 30.4 Å². The Morgan fingerprint density at radius 1 is 1.35 bits per heavy atom. The first-order valence-corrected chi connectivity index (χ1v) is 7.85. The summed E-state index contributed by atoms with van der Waals surface area (Å²) in [6.07, 6.45) is 0.340. The van der Waals surface area contributed by atoms with Gasteiger partial charge in [0.05, 0.1) is 9.72 Å². The summed E-state index contributed by atoms with van der Waals surface area (Å²) in [4.78, 5) is 12.2. The number of carbonyl (C=O) groups is 1. The third kappa shape index (κ3) is 2.87. The molecule has 0 aliphatic heterocycles. The van der Waals surface area contributed by atoms with Crippen molar-refractivity contribution in [1.82, 2.24) is 0 Å². The van der Waals surface area contributed by atoms with Crippen molar-refractivity contribution in [1.29, 1.82) is 0 Å². The van der Waals surface area contributed by atoms with E-state index in [1.165, 1.54) is 4.88 Å². The summed E-state index contributed by atoms with van der Waals surface area (Å²) in [5.41, 5.74) is 0. The lowest BCUT2D eigenvalue weighted by atomic mass is 10.2. The first-order chi connectivity index (χ1) is 9.47. The Balaban J connectivity index is 2.48. The second kappa shape index (κ2) is 6.20. The molecule has 0 saturated heterocycles. The van der Waals surface area contributed by atoms with E-state index in [2.05, 4.69) is 6.92 Å². The van der Waals surface area contributed by atoms with Gasteiger partial charge in [0.2, 0.25) is 0 Å². The van der Waals surface area contributed by atoms with Crippen LogP contribution in [0.1, 0.15) is 25.1 Å². The molecular formula is C14H14Cl2O3S. The predicted octanol–water partition coefficient (Wildman–Crippen LogP) is 5.01. The summed E-state index contributed by atoms with van der Waals surface area (Å²) < 4.78 is 6.38. The van der Waals surface area contributed by atoms with Crippen molar-refractivity contribution < 1.29 is 14.6 Å². The molecule has 0 bridgehead atoms. The number of carboxylic acids is 1. The fourth-order valence-corrected chi connectivity index (χ4v) is 3.46. The van der Waals surface area contributed by atoms with Crippen LogP contribution in [0.2, 0.25) is 10.0 Å². The molecule has 0 saturated carbocycles. The van der Waals surface area contributed by atoms with E-state index < -0.39 is 12.1 Å². The van der Waals surface area contributed by atoms with E-state index in [1.54, 1.807) is 24.3 Å². The number of aliphatic carboxylic acids is 1. The van der Waals surface area contributed by atoms with Crippen molar-refractivity contribution in [3.05, 3.63) is 27.1 Å². The fourth-order valence-electron chi connectivity index (χ4n) is 1.87. The average molecular weight is 333 g/mol. The SMILES string of the molecule is CCc1cc2cc(OC(CC)C(=O)O)c(Cl)c(Cl)c2s1. The van der Waals surface area contributed by atoms with E-state index in [1.807, 2.05) is 6.07 Å². The Bertz CT molecular complexity index is 651. The molecule has 0 amide bonds. The van der Waals surface area contributed by atoms with Crippen LogP contribution < -0.4 is 4.74 Å². The second-order valence-electron chi connectivity index (χ2n) is 4.34. The highest BCUT2D eigenvalue weighted by Crippen LogP contribution is 2.42. The van der Waals surface area contributed by atoms with Crippen LogP contribution in [0, 0.1) is 0 Å². The molecule has 0 spiro atoms. The fraction of sp³-hybridized carbons (Fsp3) is 0.357. The highest BCUT2D eigenvalue weighted by Gasteiger charge is 2.21. The summed E-state index contributed by atoms with van der Waals surface area (Å²) in [6, 6.07) is 3.78. The van der Waals surface area contributed by atoms with Gasteiger partial charge in [0.15, 0.2) is 6.10 Å². The molecule has 0 aliphatic rings. The van der Waals surface area contributed by atoms with Crippen LogP contribution in [-0.4, -0.2) is 17.2 Å². The van der Waals surface area contributed by atoms with Crippen LogP contribution in [0.25, 0.3) is 10.1 Å². The Morgan fingerprint density at radius 3 is 2.60 bits per heavy atom. The smallest absolute Gasteiger partial charge is 0.344 e. The van der Waals surface area contributed by atoms with Gasteiger partial charge in [-0.3, -0.25) is 0 Å². The number of carboxylic acid groups (broad SMARTS) is 1. The topological polar surface area (TPSA) is 46.5 Å². The molecule has 108 valence electrons. The van der Waals surface area contributed by atoms with Crippen LogP contribution in [-0.2, 0) is 11.2 Å². The molecule has 2 aromatic rings. The number of hydrogen-bond donors (Lipinski definition) is 1. The molecule has 0 aliphatic carbocycles. The Labute approximate surface area is 131 Å². The highest BCUT2D eigenvalue weighted by molar-refractivity contribution is 7.19. The first kappa shape index (κ1) is 15.4. The van der Waals surface area contributed by atoms with Crippen LogP contribution in [0.5, 0.6) is 5.75 Å². The van der Waals surface area contributed by atoms with Gasteiger partial charge >= 0.3 is 5.97 Å². The van der Waals surface area contributed by atoms with Crippen LogP contribution >= 0.6 is 34.5 Å². The van der Waals surface area contributed by atoms with Crippen molar-refractivity contribution in [2.75, 3.05) is 0 Å². The maximum absolute atomic E-state index is 11.0. The third-order valence-corrected chi connectivity index (χ3v) is 5.25. The van der Waals surface area contributed by atoms with Gasteiger partial charge in [0, 0.05) is 4.88 Å². The molecule has 1 unspecified atom stereocenters. The van der Waals surface area contributed by atoms with E-state index in [4.69, 9.17) is 33.0 Å². The van der Waals surface area contributed by atoms with Gasteiger partial charge in [-0.25, -0.2) is 4.79 Å². The highest BCUT2D eigenvalue weighted by atomic mass is 35.5. The maximum Gasteiger partial charge on any atom is 0.344 e. The minimum Gasteiger partial charge on any atom is -0.479 e. The number of ether oxygens (including phenoxy) is 1. The number of benzene rings is 1. The molecule has 2 rings (SSSR count). The van der Waals surface area contributed by atoms with Crippen LogP contribution in [0.4, 0.5) is 0 Å². The summed E-state index contributed by atoms with van der Waals surface area (Å²) in [6.45, 7) is 3.81. The van der Waals surface area contributed by atoms with Gasteiger partial charge in [-0.15, -0.1) is 11.3 Å². The molecule has 1 atom stereocenters. The van der Waals surface area contributed by atoms with Gasteiger partial charge < -0.3 is 9.84 Å². The predicted molar refractivity (Wildman–Crippen MR) is 83.6 cm³/mol. The van der Waals surface area contributed by atoms with Crippen molar-refractivity contribution >= 4 is 50.6 Å². The number of rotatable bonds is 5. The number of thiophene rings is 1. The van der Waals surface area contributed by atoms with Crippen molar-refractivity contribution in [2.24, 2.45) is 0 Å². The number of aryl methyl sites for hydroxylation is 1. The lowest BCUT2D eigenvalue weighted by molar-refractivity contribution is -0.145. The minimum atomic E-state index is -1.01. The molecule has 0 fully saturated rings. The lowest BCUT2D eigenvalue weighted by Gasteiger charge is -2.15. The summed E-state index contributed by atoms with van der Waals surface area (Å²) in [5, 5.41) is 10.7. The van der Waals surface area contributed by atoms with Crippen molar-refractivity contribution in [3.8, 4) is 5.75 Å². The van der Waals surface area contributed by atoms with Gasteiger partial charge in [0.25, 0.3) is 0 Å². The number of hydrogen-bond acceptors (Lipinski definition) is 3. The maximum atomic E-state index is 11.0. The summed E-state index contributed by atoms with van der Waals surface area (Å²) in [7, 11) is 0. The van der Waals surface area contributed by atoms with Crippen LogP contribution in [0.15, 0.2) is 12.1 Å². The molecule has 1 aromatic carbocycles. The Kier molecular flexibility index (Phi) is 4.78. The molecule has 1 N–H and O–H groups in total. The first-order valence-electron chi connectivity index (χ1n) is 6.27. The molecular weight excluding hydrogens is 319 g/mol. The summed E-state index contributed by atoms with van der Waals surface area (Å²) >= 11 is 14.0. The van der Waals surface area contributed by atoms with Gasteiger partial charge in [-0.2, -0.15) is 0 Å². The largest absolute Gasteiger partial charge is 0.479 e. The zero-order valence-corrected chi connectivity index (χ0v) is 13.4. The van der Waals surface area contributed by atoms with E-state index in [0.717, 1.165) is 16.5 Å². The average Bonchev–Trinajstić information content (AvgIpc) is 2.84. The Morgan fingerprint density at radius 2 is 2.05 bits per heavy atom. The summed E-state index contributed by atoms with van der Waals surface area (Å²) in [5.74, 6) is -0.696. The second-order valence-corrected chi connectivity index (χ2v) is 6.23. The van der Waals surface area contributed by atoms with Gasteiger partial charge in [-0.1, -0.05) is 37.0 Å². The molecule has 1 heterocycles. The van der Waals surface area contributed by atoms with Gasteiger partial charge in [0.1, 0.15) is 10.8 Å². The molecule has 1 aromatic heterocycles.